The molecule has 12 heteroatoms. The lowest BCUT2D eigenvalue weighted by Gasteiger charge is -2.30. The van der Waals surface area contributed by atoms with Crippen LogP contribution in [0.3, 0.4) is 0 Å². The van der Waals surface area contributed by atoms with Gasteiger partial charge in [-0.1, -0.05) is 11.8 Å². The number of alkyl carbamates (subject to hydrolysis) is 1. The Labute approximate surface area is 237 Å². The van der Waals surface area contributed by atoms with Crippen molar-refractivity contribution in [1.29, 1.82) is 5.26 Å². The number of nitrogens with zero attached hydrogens (tertiary/aromatic N) is 3. The fraction of sp³-hybridized carbons (Fsp3) is 0.464. The van der Waals surface area contributed by atoms with Gasteiger partial charge in [-0.3, -0.25) is 4.79 Å². The normalized spacial score (nSPS) is 17.1. The van der Waals surface area contributed by atoms with E-state index in [1.807, 2.05) is 20.8 Å². The van der Waals surface area contributed by atoms with Crippen molar-refractivity contribution in [2.45, 2.75) is 76.3 Å². The molecule has 3 N–H and O–H groups in total. The number of hydrogen-bond acceptors (Lipinski definition) is 9. The monoisotopic (exact) mass is 566 g/mol. The van der Waals surface area contributed by atoms with Crippen LogP contribution >= 0.6 is 11.8 Å². The summed E-state index contributed by atoms with van der Waals surface area (Å²) < 4.78 is 17.1. The fourth-order valence-corrected chi connectivity index (χ4v) is 5.10. The number of benzene rings is 1. The molecule has 0 saturated heterocycles. The van der Waals surface area contributed by atoms with Crippen LogP contribution in [0.1, 0.15) is 57.7 Å². The molecule has 1 fully saturated rings. The molecule has 0 atom stereocenters. The molecule has 1 aliphatic carbocycles. The van der Waals surface area contributed by atoms with Crippen molar-refractivity contribution < 1.29 is 23.8 Å². The predicted octanol–water partition coefficient (Wildman–Crippen LogP) is 5.09. The lowest BCUT2D eigenvalue weighted by molar-refractivity contribution is -0.113. The number of imidazole rings is 1. The van der Waals surface area contributed by atoms with Crippen LogP contribution < -0.4 is 20.1 Å². The van der Waals surface area contributed by atoms with E-state index in [1.54, 1.807) is 38.4 Å². The van der Waals surface area contributed by atoms with Crippen LogP contribution in [0.25, 0.3) is 11.0 Å². The van der Waals surface area contributed by atoms with Crippen LogP contribution in [0.2, 0.25) is 0 Å². The summed E-state index contributed by atoms with van der Waals surface area (Å²) >= 11 is 1.26. The first-order valence-electron chi connectivity index (χ1n) is 13.1. The molecule has 1 aromatic carbocycles. The molecule has 0 bridgehead atoms. The number of carbonyl (C=O) groups excluding carboxylic acids is 2. The summed E-state index contributed by atoms with van der Waals surface area (Å²) in [4.78, 5) is 36.5. The van der Waals surface area contributed by atoms with Gasteiger partial charge >= 0.3 is 6.09 Å². The van der Waals surface area contributed by atoms with E-state index < -0.39 is 11.7 Å². The number of H-pyrrole nitrogens is 1. The van der Waals surface area contributed by atoms with Gasteiger partial charge in [-0.05, 0) is 65.5 Å². The standard InChI is InChI=1S/C28H34N6O5S/c1-16-20(13-29)30-14-21-25(16)34-26(33-21)40-15-24(35)31-18-8-11-22(37-5)23(12-18)38-19-9-6-17(7-10-19)32-27(36)39-28(2,3)4/h8,11-12,14,17,19H,6-7,9-10,15H2,1-5H3,(H,31,35)(H,32,36)(H,33,34). The average molecular weight is 567 g/mol. The van der Waals surface area contributed by atoms with E-state index in [1.165, 1.54) is 11.8 Å². The molecule has 4 rings (SSSR count). The van der Waals surface area contributed by atoms with E-state index >= 15 is 0 Å². The highest BCUT2D eigenvalue weighted by molar-refractivity contribution is 7.99. The van der Waals surface area contributed by atoms with Crippen LogP contribution in [0, 0.1) is 18.3 Å². The number of anilines is 1. The zero-order valence-corrected chi connectivity index (χ0v) is 24.1. The van der Waals surface area contributed by atoms with E-state index in [-0.39, 0.29) is 23.8 Å². The molecule has 0 unspecified atom stereocenters. The largest absolute Gasteiger partial charge is 0.493 e. The van der Waals surface area contributed by atoms with Gasteiger partial charge in [-0.2, -0.15) is 5.26 Å². The van der Waals surface area contributed by atoms with Gasteiger partial charge in [-0.15, -0.1) is 0 Å². The molecule has 2 amide bonds. The Morgan fingerprint density at radius 1 is 1.20 bits per heavy atom. The summed E-state index contributed by atoms with van der Waals surface area (Å²) in [7, 11) is 1.57. The Morgan fingerprint density at radius 3 is 2.62 bits per heavy atom. The van der Waals surface area contributed by atoms with Crippen molar-refractivity contribution in [3.63, 3.8) is 0 Å². The number of nitrogens with one attached hydrogen (secondary N) is 3. The molecule has 212 valence electrons. The highest BCUT2D eigenvalue weighted by atomic mass is 32.2. The lowest BCUT2D eigenvalue weighted by Crippen LogP contribution is -2.42. The SMILES string of the molecule is COc1ccc(NC(=O)CSc2nc3c(C)c(C#N)ncc3[nH]2)cc1OC1CCC(NC(=O)OC(C)(C)C)CC1. The maximum absolute atomic E-state index is 12.7. The van der Waals surface area contributed by atoms with Crippen molar-refractivity contribution >= 4 is 40.5 Å². The number of aromatic amines is 1. The smallest absolute Gasteiger partial charge is 0.407 e. The second kappa shape index (κ2) is 12.5. The Balaban J connectivity index is 1.30. The molecule has 0 aliphatic heterocycles. The third-order valence-electron chi connectivity index (χ3n) is 6.33. The van der Waals surface area contributed by atoms with Gasteiger partial charge in [0.25, 0.3) is 0 Å². The van der Waals surface area contributed by atoms with Gasteiger partial charge in [0.1, 0.15) is 17.4 Å². The zero-order valence-electron chi connectivity index (χ0n) is 23.3. The third-order valence-corrected chi connectivity index (χ3v) is 7.20. The summed E-state index contributed by atoms with van der Waals surface area (Å²) in [6.07, 6.45) is 4.20. The minimum absolute atomic E-state index is 0.0417. The van der Waals surface area contributed by atoms with Crippen molar-refractivity contribution in [2.75, 3.05) is 18.2 Å². The highest BCUT2D eigenvalue weighted by Crippen LogP contribution is 2.34. The van der Waals surface area contributed by atoms with Crippen LogP contribution in [0.4, 0.5) is 10.5 Å². The summed E-state index contributed by atoms with van der Waals surface area (Å²) in [6, 6.07) is 7.37. The van der Waals surface area contributed by atoms with Gasteiger partial charge < -0.3 is 29.8 Å². The fourth-order valence-electron chi connectivity index (χ4n) is 4.42. The minimum atomic E-state index is -0.534. The number of nitriles is 1. The van der Waals surface area contributed by atoms with Crippen LogP contribution in [0.5, 0.6) is 11.5 Å². The van der Waals surface area contributed by atoms with Crippen molar-refractivity contribution in [3.05, 3.63) is 35.7 Å². The van der Waals surface area contributed by atoms with Gasteiger partial charge in [0.05, 0.1) is 36.2 Å². The second-order valence-corrected chi connectivity index (χ2v) is 11.6. The number of fused-ring (bicyclic) bond motifs is 1. The Bertz CT molecular complexity index is 1420. The maximum Gasteiger partial charge on any atom is 0.407 e. The number of aromatic nitrogens is 3. The Morgan fingerprint density at radius 2 is 1.95 bits per heavy atom. The number of hydrogen-bond donors (Lipinski definition) is 3. The van der Waals surface area contributed by atoms with Crippen molar-refractivity contribution in [2.24, 2.45) is 0 Å². The topological polar surface area (TPSA) is 151 Å². The Kier molecular flexibility index (Phi) is 9.04. The van der Waals surface area contributed by atoms with Gasteiger partial charge in [0.15, 0.2) is 16.7 Å². The first-order valence-corrected chi connectivity index (χ1v) is 14.1. The zero-order chi connectivity index (χ0) is 28.9. The second-order valence-electron chi connectivity index (χ2n) is 10.6. The van der Waals surface area contributed by atoms with Gasteiger partial charge in [-0.25, -0.2) is 14.8 Å². The summed E-state index contributed by atoms with van der Waals surface area (Å²) in [5.41, 5.74) is 2.47. The number of ether oxygens (including phenoxy) is 3. The average Bonchev–Trinajstić information content (AvgIpc) is 3.32. The maximum atomic E-state index is 12.7. The predicted molar refractivity (Wildman–Crippen MR) is 152 cm³/mol. The number of thioether (sulfide) groups is 1. The highest BCUT2D eigenvalue weighted by Gasteiger charge is 2.26. The number of rotatable bonds is 8. The molecule has 2 aromatic heterocycles. The van der Waals surface area contributed by atoms with Crippen LogP contribution in [0.15, 0.2) is 29.6 Å². The van der Waals surface area contributed by atoms with Crippen molar-refractivity contribution in [3.8, 4) is 17.6 Å². The first-order chi connectivity index (χ1) is 19.0. The molecular weight excluding hydrogens is 532 g/mol. The molecule has 2 heterocycles. The van der Waals surface area contributed by atoms with Crippen LogP contribution in [-0.2, 0) is 9.53 Å². The van der Waals surface area contributed by atoms with Crippen LogP contribution in [-0.4, -0.2) is 57.6 Å². The molecule has 0 spiro atoms. The van der Waals surface area contributed by atoms with Gasteiger partial charge in [0.2, 0.25) is 5.91 Å². The Hall–Kier alpha value is -3.98. The molecule has 40 heavy (non-hydrogen) atoms. The molecule has 11 nitrogen and oxygen atoms in total. The molecule has 1 saturated carbocycles. The number of methoxy groups -OCH3 is 1. The van der Waals surface area contributed by atoms with Gasteiger partial charge in [0, 0.05) is 23.4 Å². The number of pyridine rings is 1. The molecule has 3 aromatic rings. The van der Waals surface area contributed by atoms with E-state index in [4.69, 9.17) is 14.2 Å². The van der Waals surface area contributed by atoms with E-state index in [9.17, 15) is 14.9 Å². The number of carbonyl (C=O) groups is 2. The minimum Gasteiger partial charge on any atom is -0.493 e. The third kappa shape index (κ3) is 7.57. The van der Waals surface area contributed by atoms with E-state index in [0.717, 1.165) is 25.7 Å². The van der Waals surface area contributed by atoms with Crippen molar-refractivity contribution in [1.82, 2.24) is 20.3 Å². The number of aryl methyl sites for hydroxylation is 1. The first kappa shape index (κ1) is 29.0. The summed E-state index contributed by atoms with van der Waals surface area (Å²) in [5.74, 6) is 1.05. The number of amides is 2. The molecule has 1 aliphatic rings. The quantitative estimate of drug-likeness (QED) is 0.317. The van der Waals surface area contributed by atoms with E-state index in [2.05, 4.69) is 31.7 Å². The molecule has 0 radical (unpaired) electrons. The summed E-state index contributed by atoms with van der Waals surface area (Å²) in [5, 5.41) is 15.6. The lowest BCUT2D eigenvalue weighted by atomic mass is 9.93. The summed E-state index contributed by atoms with van der Waals surface area (Å²) in [6.45, 7) is 7.32. The molecular formula is C28H34N6O5S. The van der Waals surface area contributed by atoms with E-state index in [0.29, 0.717) is 44.6 Å².